The molecule has 0 aliphatic carbocycles. The first-order valence-corrected chi connectivity index (χ1v) is 6.87. The summed E-state index contributed by atoms with van der Waals surface area (Å²) in [5.74, 6) is 0.370. The Morgan fingerprint density at radius 1 is 1.50 bits per heavy atom. The van der Waals surface area contributed by atoms with Gasteiger partial charge in [0.2, 0.25) is 0 Å². The molecule has 6 nitrogen and oxygen atoms in total. The van der Waals surface area contributed by atoms with Gasteiger partial charge in [0.15, 0.2) is 5.78 Å². The topological polar surface area (TPSA) is 98.5 Å². The third-order valence-corrected chi connectivity index (χ3v) is 4.16. The van der Waals surface area contributed by atoms with Gasteiger partial charge in [0.05, 0.1) is 18.4 Å². The smallest absolute Gasteiger partial charge is 0.312 e. The molecule has 1 saturated heterocycles. The van der Waals surface area contributed by atoms with Crippen LogP contribution in [0, 0.1) is 0 Å². The molecule has 0 saturated carbocycles. The largest absolute Gasteiger partial charge is 0.469 e. The lowest BCUT2D eigenvalue weighted by Crippen LogP contribution is -2.44. The predicted molar refractivity (Wildman–Crippen MR) is 68.2 cm³/mol. The van der Waals surface area contributed by atoms with Gasteiger partial charge in [-0.05, 0) is 12.8 Å². The summed E-state index contributed by atoms with van der Waals surface area (Å²) in [5.41, 5.74) is 4.99. The molecule has 0 aromatic carbocycles. The van der Waals surface area contributed by atoms with E-state index in [0.717, 1.165) is 12.8 Å². The molecule has 1 aliphatic heterocycles. The van der Waals surface area contributed by atoms with E-state index in [0.29, 0.717) is 18.6 Å². The number of esters is 1. The number of nitrogens with one attached hydrogen (secondary N) is 1. The number of primary amides is 1. The SMILES string of the molecule is COC(=O)CCCCC1SCC(NC(N)=O)C1=O. The van der Waals surface area contributed by atoms with Gasteiger partial charge in [-0.25, -0.2) is 4.79 Å². The second kappa shape index (κ2) is 7.25. The molecule has 0 aromatic heterocycles. The molecular formula is C11H18N2O4S. The Balaban J connectivity index is 2.22. The molecule has 2 atom stereocenters. The van der Waals surface area contributed by atoms with Gasteiger partial charge in [0.1, 0.15) is 0 Å². The summed E-state index contributed by atoms with van der Waals surface area (Å²) >= 11 is 1.53. The minimum absolute atomic E-state index is 0.0249. The van der Waals surface area contributed by atoms with Gasteiger partial charge in [-0.3, -0.25) is 9.59 Å². The average Bonchev–Trinajstić information content (AvgIpc) is 2.66. The van der Waals surface area contributed by atoms with Crippen LogP contribution in [-0.2, 0) is 14.3 Å². The predicted octanol–water partition coefficient (Wildman–Crippen LogP) is 0.441. The van der Waals surface area contributed by atoms with Crippen LogP contribution in [0.3, 0.4) is 0 Å². The second-order valence-electron chi connectivity index (χ2n) is 4.11. The van der Waals surface area contributed by atoms with Crippen molar-refractivity contribution in [3.8, 4) is 0 Å². The first-order chi connectivity index (χ1) is 8.54. The van der Waals surface area contributed by atoms with Crippen LogP contribution in [0.25, 0.3) is 0 Å². The number of carbonyl (C=O) groups is 3. The van der Waals surface area contributed by atoms with Crippen molar-refractivity contribution in [3.05, 3.63) is 0 Å². The van der Waals surface area contributed by atoms with Crippen molar-refractivity contribution < 1.29 is 19.1 Å². The molecule has 18 heavy (non-hydrogen) atoms. The molecule has 2 amide bonds. The molecule has 1 heterocycles. The number of Topliss-reactive ketones (excluding diaryl/α,β-unsaturated/α-hetero) is 1. The molecule has 0 aromatic rings. The number of nitrogens with two attached hydrogens (primary N) is 1. The zero-order valence-corrected chi connectivity index (χ0v) is 11.1. The standard InChI is InChI=1S/C11H18N2O4S/c1-17-9(14)5-3-2-4-8-10(15)7(6-18-8)13-11(12)16/h7-8H,2-6H2,1H3,(H3,12,13,16). The molecule has 102 valence electrons. The van der Waals surface area contributed by atoms with Crippen LogP contribution in [0.2, 0.25) is 0 Å². The van der Waals surface area contributed by atoms with Gasteiger partial charge in [-0.2, -0.15) is 0 Å². The number of methoxy groups -OCH3 is 1. The lowest BCUT2D eigenvalue weighted by molar-refractivity contribution is -0.140. The summed E-state index contributed by atoms with van der Waals surface area (Å²) in [7, 11) is 1.36. The Morgan fingerprint density at radius 3 is 2.83 bits per heavy atom. The van der Waals surface area contributed by atoms with Crippen molar-refractivity contribution in [1.29, 1.82) is 0 Å². The van der Waals surface area contributed by atoms with Crippen molar-refractivity contribution in [2.75, 3.05) is 12.9 Å². The normalized spacial score (nSPS) is 22.8. The van der Waals surface area contributed by atoms with E-state index in [1.54, 1.807) is 0 Å². The van der Waals surface area contributed by atoms with Crippen molar-refractivity contribution in [2.24, 2.45) is 5.73 Å². The molecular weight excluding hydrogens is 256 g/mol. The van der Waals surface area contributed by atoms with Crippen LogP contribution >= 0.6 is 11.8 Å². The minimum Gasteiger partial charge on any atom is -0.469 e. The van der Waals surface area contributed by atoms with Crippen LogP contribution in [0.4, 0.5) is 4.79 Å². The van der Waals surface area contributed by atoms with Crippen molar-refractivity contribution in [2.45, 2.75) is 37.0 Å². The Hall–Kier alpha value is -1.24. The number of hydrogen-bond donors (Lipinski definition) is 2. The van der Waals surface area contributed by atoms with E-state index in [9.17, 15) is 14.4 Å². The Bertz CT molecular complexity index is 335. The molecule has 1 fully saturated rings. The third-order valence-electron chi connectivity index (χ3n) is 2.77. The number of rotatable bonds is 6. The second-order valence-corrected chi connectivity index (χ2v) is 5.34. The molecule has 7 heteroatoms. The number of urea groups is 1. The highest BCUT2D eigenvalue weighted by molar-refractivity contribution is 8.01. The van der Waals surface area contributed by atoms with E-state index in [1.165, 1.54) is 18.9 Å². The summed E-state index contributed by atoms with van der Waals surface area (Å²) in [5, 5.41) is 2.34. The summed E-state index contributed by atoms with van der Waals surface area (Å²) in [4.78, 5) is 33.4. The number of amides is 2. The van der Waals surface area contributed by atoms with Gasteiger partial charge in [-0.15, -0.1) is 11.8 Å². The fourth-order valence-electron chi connectivity index (χ4n) is 1.81. The Morgan fingerprint density at radius 2 is 2.22 bits per heavy atom. The minimum atomic E-state index is -0.666. The van der Waals surface area contributed by atoms with E-state index < -0.39 is 12.1 Å². The third kappa shape index (κ3) is 4.56. The van der Waals surface area contributed by atoms with E-state index >= 15 is 0 Å². The van der Waals surface area contributed by atoms with Crippen LogP contribution in [0.15, 0.2) is 0 Å². The maximum absolute atomic E-state index is 11.8. The zero-order valence-electron chi connectivity index (χ0n) is 10.3. The number of hydrogen-bond acceptors (Lipinski definition) is 5. The lowest BCUT2D eigenvalue weighted by atomic mass is 10.1. The van der Waals surface area contributed by atoms with Crippen molar-refractivity contribution >= 4 is 29.5 Å². The highest BCUT2D eigenvalue weighted by Gasteiger charge is 2.34. The molecule has 0 bridgehead atoms. The van der Waals surface area contributed by atoms with Gasteiger partial charge < -0.3 is 15.8 Å². The molecule has 1 rings (SSSR count). The highest BCUT2D eigenvalue weighted by atomic mass is 32.2. The number of unbranched alkanes of at least 4 members (excludes halogenated alkanes) is 1. The molecule has 1 aliphatic rings. The zero-order chi connectivity index (χ0) is 13.5. The first kappa shape index (κ1) is 14.8. The van der Waals surface area contributed by atoms with Crippen LogP contribution in [0.5, 0.6) is 0 Å². The summed E-state index contributed by atoms with van der Waals surface area (Å²) < 4.78 is 4.53. The maximum atomic E-state index is 11.8. The Kier molecular flexibility index (Phi) is 5.97. The molecule has 0 radical (unpaired) electrons. The quantitative estimate of drug-likeness (QED) is 0.541. The monoisotopic (exact) mass is 274 g/mol. The highest BCUT2D eigenvalue weighted by Crippen LogP contribution is 2.27. The van der Waals surface area contributed by atoms with Gasteiger partial charge in [0.25, 0.3) is 0 Å². The van der Waals surface area contributed by atoms with Gasteiger partial charge >= 0.3 is 12.0 Å². The van der Waals surface area contributed by atoms with E-state index in [2.05, 4.69) is 10.1 Å². The average molecular weight is 274 g/mol. The summed E-state index contributed by atoms with van der Waals surface area (Å²) in [6, 6.07) is -1.13. The fourth-order valence-corrected chi connectivity index (χ4v) is 3.15. The summed E-state index contributed by atoms with van der Waals surface area (Å²) in [6.45, 7) is 0. The molecule has 2 unspecified atom stereocenters. The Labute approximate surface area is 110 Å². The van der Waals surface area contributed by atoms with Crippen molar-refractivity contribution in [3.63, 3.8) is 0 Å². The van der Waals surface area contributed by atoms with E-state index in [-0.39, 0.29) is 17.0 Å². The number of carbonyl (C=O) groups excluding carboxylic acids is 3. The number of ketones is 1. The van der Waals surface area contributed by atoms with E-state index in [4.69, 9.17) is 5.73 Å². The summed E-state index contributed by atoms with van der Waals surface area (Å²) in [6.07, 6.45) is 2.61. The van der Waals surface area contributed by atoms with Gasteiger partial charge in [-0.1, -0.05) is 6.42 Å². The molecule has 0 spiro atoms. The van der Waals surface area contributed by atoms with Crippen LogP contribution in [0.1, 0.15) is 25.7 Å². The molecule has 3 N–H and O–H groups in total. The van der Waals surface area contributed by atoms with Gasteiger partial charge in [0, 0.05) is 12.2 Å². The van der Waals surface area contributed by atoms with Crippen LogP contribution in [-0.4, -0.2) is 41.9 Å². The first-order valence-electron chi connectivity index (χ1n) is 5.82. The fraction of sp³-hybridized carbons (Fsp3) is 0.727. The van der Waals surface area contributed by atoms with E-state index in [1.807, 2.05) is 0 Å². The number of thioether (sulfide) groups is 1. The maximum Gasteiger partial charge on any atom is 0.312 e. The van der Waals surface area contributed by atoms with Crippen LogP contribution < -0.4 is 11.1 Å². The number of ether oxygens (including phenoxy) is 1. The lowest BCUT2D eigenvalue weighted by Gasteiger charge is -2.09. The van der Waals surface area contributed by atoms with Crippen molar-refractivity contribution in [1.82, 2.24) is 5.32 Å².